The Morgan fingerprint density at radius 1 is 1.13 bits per heavy atom. The van der Waals surface area contributed by atoms with Crippen molar-refractivity contribution in [2.45, 2.75) is 32.7 Å². The second-order valence-corrected chi connectivity index (χ2v) is 10.9. The second-order valence-electron chi connectivity index (χ2n) is 10.0. The van der Waals surface area contributed by atoms with Crippen molar-refractivity contribution in [2.75, 3.05) is 27.4 Å². The fourth-order valence-electron chi connectivity index (χ4n) is 4.68. The van der Waals surface area contributed by atoms with Crippen molar-refractivity contribution >= 4 is 34.1 Å². The molecule has 2 amide bonds. The predicted octanol–water partition coefficient (Wildman–Crippen LogP) is 4.43. The van der Waals surface area contributed by atoms with Gasteiger partial charge in [0.25, 0.3) is 0 Å². The monoisotopic (exact) mass is 707 g/mol. The molecule has 4 N–H and O–H groups in total. The van der Waals surface area contributed by atoms with Gasteiger partial charge in [0, 0.05) is 11.3 Å². The van der Waals surface area contributed by atoms with E-state index in [1.54, 1.807) is 56.3 Å². The van der Waals surface area contributed by atoms with Crippen molar-refractivity contribution in [3.63, 3.8) is 0 Å². The van der Waals surface area contributed by atoms with Gasteiger partial charge in [-0.15, -0.1) is 0 Å². The molecule has 246 valence electrons. The number of benzene rings is 3. The van der Waals surface area contributed by atoms with Gasteiger partial charge in [-0.2, -0.15) is 10.4 Å². The lowest BCUT2D eigenvalue weighted by Gasteiger charge is -2.28. The Morgan fingerprint density at radius 2 is 1.91 bits per heavy atom. The van der Waals surface area contributed by atoms with Crippen LogP contribution in [-0.2, 0) is 16.1 Å². The Morgan fingerprint density at radius 3 is 2.64 bits per heavy atom. The third-order valence-electron chi connectivity index (χ3n) is 6.87. The number of esters is 1. The van der Waals surface area contributed by atoms with E-state index in [0.717, 1.165) is 5.56 Å². The van der Waals surface area contributed by atoms with Crippen LogP contribution in [0.1, 0.15) is 42.1 Å². The van der Waals surface area contributed by atoms with Crippen molar-refractivity contribution in [2.24, 2.45) is 5.10 Å². The van der Waals surface area contributed by atoms with E-state index in [1.807, 2.05) is 12.1 Å². The molecule has 0 fully saturated rings. The molecular weight excluding hydrogens is 674 g/mol. The van der Waals surface area contributed by atoms with E-state index in [-0.39, 0.29) is 18.8 Å². The molecule has 1 heterocycles. The summed E-state index contributed by atoms with van der Waals surface area (Å²) in [4.78, 5) is 24.6. The summed E-state index contributed by atoms with van der Waals surface area (Å²) in [5.41, 5.74) is 5.74. The van der Waals surface area contributed by atoms with Gasteiger partial charge >= 0.3 is 12.0 Å². The molecule has 3 aromatic carbocycles. The van der Waals surface area contributed by atoms with Gasteiger partial charge in [0.1, 0.15) is 13.2 Å². The van der Waals surface area contributed by atoms with Gasteiger partial charge in [-0.3, -0.25) is 5.43 Å². The first kappa shape index (κ1) is 34.6. The van der Waals surface area contributed by atoms with Crippen molar-refractivity contribution in [1.82, 2.24) is 16.1 Å². The number of urea groups is 1. The van der Waals surface area contributed by atoms with Crippen LogP contribution in [-0.4, -0.2) is 57.0 Å². The number of carbonyl (C=O) groups is 2. The van der Waals surface area contributed by atoms with Gasteiger partial charge in [0.15, 0.2) is 29.2 Å². The number of hydrazone groups is 1. The fraction of sp³-hybridized carbons (Fsp3) is 0.273. The predicted molar refractivity (Wildman–Crippen MR) is 175 cm³/mol. The van der Waals surface area contributed by atoms with E-state index in [9.17, 15) is 20.0 Å². The molecule has 0 bridgehead atoms. The Kier molecular flexibility index (Phi) is 12.0. The zero-order valence-corrected chi connectivity index (χ0v) is 27.7. The third-order valence-corrected chi connectivity index (χ3v) is 7.46. The van der Waals surface area contributed by atoms with Crippen LogP contribution in [0.2, 0.25) is 0 Å². The highest BCUT2D eigenvalue weighted by Crippen LogP contribution is 2.37. The Labute approximate surface area is 280 Å². The number of aliphatic hydroxyl groups excluding tert-OH is 1. The number of hydrogen-bond donors (Lipinski definition) is 4. The smallest absolute Gasteiger partial charge is 0.337 e. The number of nitrogens with one attached hydrogen (secondary N) is 3. The first-order chi connectivity index (χ1) is 22.7. The van der Waals surface area contributed by atoms with Crippen LogP contribution < -0.4 is 35.0 Å². The summed E-state index contributed by atoms with van der Waals surface area (Å²) >= 11 is 3.51. The average molecular weight is 709 g/mol. The molecule has 3 aromatic rings. The number of nitriles is 1. The number of carbonyl (C=O) groups excluding carboxylic acids is 2. The number of rotatable bonds is 14. The number of methoxy groups -OCH3 is 2. The minimum absolute atomic E-state index is 0.174. The highest BCUT2D eigenvalue weighted by molar-refractivity contribution is 9.10. The molecule has 0 saturated heterocycles. The van der Waals surface area contributed by atoms with E-state index in [1.165, 1.54) is 20.4 Å². The van der Waals surface area contributed by atoms with Gasteiger partial charge in [0.2, 0.25) is 0 Å². The minimum atomic E-state index is -1.19. The van der Waals surface area contributed by atoms with Crippen LogP contribution in [0.15, 0.2) is 75.4 Å². The molecule has 0 aliphatic carbocycles. The molecule has 13 nitrogen and oxygen atoms in total. The van der Waals surface area contributed by atoms with Gasteiger partial charge in [-0.05, 0) is 71.2 Å². The Balaban J connectivity index is 1.39. The van der Waals surface area contributed by atoms with Gasteiger partial charge in [-0.1, -0.05) is 24.3 Å². The number of halogens is 1. The first-order valence-corrected chi connectivity index (χ1v) is 15.2. The zero-order valence-electron chi connectivity index (χ0n) is 26.1. The highest BCUT2D eigenvalue weighted by atomic mass is 79.9. The number of allylic oxidation sites excluding steroid dienone is 1. The minimum Gasteiger partial charge on any atom is -0.493 e. The molecule has 1 aliphatic rings. The molecule has 0 unspecified atom stereocenters. The molecule has 4 rings (SSSR count). The average Bonchev–Trinajstić information content (AvgIpc) is 3.06. The van der Waals surface area contributed by atoms with E-state index in [4.69, 9.17) is 23.7 Å². The molecule has 14 heteroatoms. The van der Waals surface area contributed by atoms with Gasteiger partial charge in [0.05, 0.1) is 54.8 Å². The SMILES string of the molecule is CCOc1cc([C@@H]2NC(=O)NC(C)=C2C(=O)OC)ccc1OC[C@H](O)N/N=C\c1cc(Br)c(OCc2ccccc2C#N)c(OC)c1. The standard InChI is InChI=1S/C33H34BrN5O8/c1-5-45-26-14-21(30-29(32(41)44-4)19(2)37-33(42)38-30)10-11-25(26)46-18-28(40)39-36-16-20-12-24(34)31(27(13-20)43-3)47-17-23-9-7-6-8-22(23)15-35/h6-14,16,28,30,39-40H,5,17-18H2,1-4H3,(H2,37,38,42)/b36-16-/t28-,30-/m0/s1. The van der Waals surface area contributed by atoms with E-state index in [2.05, 4.69) is 43.2 Å². The number of nitrogens with zero attached hydrogens (tertiary/aromatic N) is 2. The van der Waals surface area contributed by atoms with Gasteiger partial charge in [-0.25, -0.2) is 9.59 Å². The molecule has 47 heavy (non-hydrogen) atoms. The number of hydrogen-bond acceptors (Lipinski definition) is 11. The number of amides is 2. The molecule has 0 aromatic heterocycles. The highest BCUT2D eigenvalue weighted by Gasteiger charge is 2.32. The largest absolute Gasteiger partial charge is 0.493 e. The number of aliphatic hydroxyl groups is 1. The second kappa shape index (κ2) is 16.3. The Bertz CT molecular complexity index is 1720. The molecule has 0 radical (unpaired) electrons. The maximum atomic E-state index is 12.5. The quantitative estimate of drug-likeness (QED) is 0.0813. The summed E-state index contributed by atoms with van der Waals surface area (Å²) in [5.74, 6) is 1.01. The Hall–Kier alpha value is -5.26. The lowest BCUT2D eigenvalue weighted by molar-refractivity contribution is -0.136. The lowest BCUT2D eigenvalue weighted by atomic mass is 9.95. The van der Waals surface area contributed by atoms with Crippen molar-refractivity contribution in [3.05, 3.63) is 92.6 Å². The van der Waals surface area contributed by atoms with E-state index in [0.29, 0.717) is 56.5 Å². The summed E-state index contributed by atoms with van der Waals surface area (Å²) in [5, 5.41) is 29.3. The summed E-state index contributed by atoms with van der Waals surface area (Å²) in [6.07, 6.45) is 0.307. The molecule has 0 spiro atoms. The normalized spacial score (nSPS) is 14.8. The van der Waals surface area contributed by atoms with Crippen LogP contribution >= 0.6 is 15.9 Å². The molecule has 1 aliphatic heterocycles. The summed E-state index contributed by atoms with van der Waals surface area (Å²) in [6, 6.07) is 16.6. The lowest BCUT2D eigenvalue weighted by Crippen LogP contribution is -2.45. The summed E-state index contributed by atoms with van der Waals surface area (Å²) < 4.78 is 28.6. The molecule has 0 saturated carbocycles. The van der Waals surface area contributed by atoms with Crippen LogP contribution in [0, 0.1) is 11.3 Å². The van der Waals surface area contributed by atoms with Crippen LogP contribution in [0.4, 0.5) is 4.79 Å². The zero-order chi connectivity index (χ0) is 33.9. The molecular formula is C33H34BrN5O8. The number of ether oxygens (including phenoxy) is 5. The van der Waals surface area contributed by atoms with Crippen LogP contribution in [0.3, 0.4) is 0 Å². The maximum Gasteiger partial charge on any atom is 0.337 e. The van der Waals surface area contributed by atoms with E-state index >= 15 is 0 Å². The maximum absolute atomic E-state index is 12.5. The summed E-state index contributed by atoms with van der Waals surface area (Å²) in [7, 11) is 2.78. The van der Waals surface area contributed by atoms with Crippen molar-refractivity contribution < 1.29 is 38.4 Å². The third kappa shape index (κ3) is 8.72. The fourth-order valence-corrected chi connectivity index (χ4v) is 5.25. The van der Waals surface area contributed by atoms with Gasteiger partial charge < -0.3 is 39.4 Å². The van der Waals surface area contributed by atoms with Crippen LogP contribution in [0.25, 0.3) is 0 Å². The molecule has 2 atom stereocenters. The van der Waals surface area contributed by atoms with E-state index < -0.39 is 24.3 Å². The van der Waals surface area contributed by atoms with Crippen LogP contribution in [0.5, 0.6) is 23.0 Å². The summed E-state index contributed by atoms with van der Waals surface area (Å²) in [6.45, 7) is 3.73. The van der Waals surface area contributed by atoms with Crippen molar-refractivity contribution in [3.8, 4) is 29.1 Å². The van der Waals surface area contributed by atoms with Crippen molar-refractivity contribution in [1.29, 1.82) is 5.26 Å². The first-order valence-electron chi connectivity index (χ1n) is 14.4. The topological polar surface area (TPSA) is 173 Å².